The van der Waals surface area contributed by atoms with Crippen LogP contribution >= 0.6 is 0 Å². The molecular formula is C21H31N3O2. The third-order valence-corrected chi connectivity index (χ3v) is 6.31. The number of nitrogens with one attached hydrogen (secondary N) is 3. The molecule has 3 aliphatic rings. The zero-order valence-corrected chi connectivity index (χ0v) is 15.5. The first-order valence-corrected chi connectivity index (χ1v) is 10.2. The first-order valence-electron chi connectivity index (χ1n) is 10.2. The van der Waals surface area contributed by atoms with E-state index in [0.29, 0.717) is 12.1 Å². The van der Waals surface area contributed by atoms with Crippen molar-refractivity contribution in [2.75, 3.05) is 18.5 Å². The molecule has 1 aromatic carbocycles. The molecule has 2 saturated carbocycles. The van der Waals surface area contributed by atoms with Gasteiger partial charge in [0.25, 0.3) is 0 Å². The highest BCUT2D eigenvalue weighted by molar-refractivity contribution is 5.90. The Kier molecular flexibility index (Phi) is 5.46. The smallest absolute Gasteiger partial charge is 0.245 e. The minimum Gasteiger partial charge on any atom is -0.381 e. The molecule has 0 aromatic heterocycles. The number of benzene rings is 1. The quantitative estimate of drug-likeness (QED) is 0.733. The number of rotatable bonds is 6. The van der Waals surface area contributed by atoms with Crippen molar-refractivity contribution in [3.63, 3.8) is 0 Å². The molecule has 3 N–H and O–H groups in total. The maximum atomic E-state index is 13.2. The zero-order chi connectivity index (χ0) is 17.8. The SMILES string of the molecule is O=C(N[C@H]1CC[C@H]1NC1CCOCC1)C1(Nc2ccccc2)CCCC1. The van der Waals surface area contributed by atoms with Gasteiger partial charge in [-0.1, -0.05) is 31.0 Å². The van der Waals surface area contributed by atoms with E-state index in [2.05, 4.69) is 16.0 Å². The minimum atomic E-state index is -0.444. The van der Waals surface area contributed by atoms with Crippen LogP contribution in [-0.2, 0) is 9.53 Å². The Morgan fingerprint density at radius 2 is 1.65 bits per heavy atom. The predicted molar refractivity (Wildman–Crippen MR) is 103 cm³/mol. The van der Waals surface area contributed by atoms with Gasteiger partial charge in [-0.2, -0.15) is 0 Å². The van der Waals surface area contributed by atoms with Crippen molar-refractivity contribution in [2.24, 2.45) is 0 Å². The molecule has 142 valence electrons. The fraction of sp³-hybridized carbons (Fsp3) is 0.667. The topological polar surface area (TPSA) is 62.4 Å². The van der Waals surface area contributed by atoms with Crippen molar-refractivity contribution in [1.82, 2.24) is 10.6 Å². The molecule has 5 heteroatoms. The molecular weight excluding hydrogens is 326 g/mol. The largest absolute Gasteiger partial charge is 0.381 e. The van der Waals surface area contributed by atoms with E-state index in [1.165, 1.54) is 0 Å². The van der Waals surface area contributed by atoms with Gasteiger partial charge in [-0.05, 0) is 50.7 Å². The van der Waals surface area contributed by atoms with Crippen LogP contribution < -0.4 is 16.0 Å². The highest BCUT2D eigenvalue weighted by atomic mass is 16.5. The van der Waals surface area contributed by atoms with Gasteiger partial charge in [-0.3, -0.25) is 4.79 Å². The van der Waals surface area contributed by atoms with Crippen LogP contribution in [0.1, 0.15) is 51.4 Å². The number of carbonyl (C=O) groups is 1. The predicted octanol–water partition coefficient (Wildman–Crippen LogP) is 2.83. The number of hydrogen-bond donors (Lipinski definition) is 3. The lowest BCUT2D eigenvalue weighted by atomic mass is 9.84. The maximum Gasteiger partial charge on any atom is 0.245 e. The van der Waals surface area contributed by atoms with E-state index in [1.807, 2.05) is 30.3 Å². The summed E-state index contributed by atoms with van der Waals surface area (Å²) >= 11 is 0. The van der Waals surface area contributed by atoms with Gasteiger partial charge < -0.3 is 20.7 Å². The van der Waals surface area contributed by atoms with Crippen molar-refractivity contribution >= 4 is 11.6 Å². The first-order chi connectivity index (χ1) is 12.8. The molecule has 0 unspecified atom stereocenters. The van der Waals surface area contributed by atoms with Crippen LogP contribution in [0.2, 0.25) is 0 Å². The molecule has 5 nitrogen and oxygen atoms in total. The van der Waals surface area contributed by atoms with E-state index in [-0.39, 0.29) is 11.9 Å². The normalized spacial score (nSPS) is 28.3. The molecule has 1 heterocycles. The number of hydrogen-bond acceptors (Lipinski definition) is 4. The van der Waals surface area contributed by atoms with Crippen LogP contribution in [0.15, 0.2) is 30.3 Å². The Morgan fingerprint density at radius 3 is 2.31 bits per heavy atom. The lowest BCUT2D eigenvalue weighted by Gasteiger charge is -2.42. The van der Waals surface area contributed by atoms with Crippen LogP contribution in [0.3, 0.4) is 0 Å². The summed E-state index contributed by atoms with van der Waals surface area (Å²) in [6.45, 7) is 1.71. The van der Waals surface area contributed by atoms with Crippen LogP contribution in [0.25, 0.3) is 0 Å². The van der Waals surface area contributed by atoms with Crippen LogP contribution in [0.5, 0.6) is 0 Å². The Labute approximate surface area is 156 Å². The van der Waals surface area contributed by atoms with E-state index in [9.17, 15) is 4.79 Å². The van der Waals surface area contributed by atoms with Gasteiger partial charge >= 0.3 is 0 Å². The summed E-state index contributed by atoms with van der Waals surface area (Å²) < 4.78 is 5.44. The fourth-order valence-corrected chi connectivity index (χ4v) is 4.53. The number of para-hydroxylation sites is 1. The van der Waals surface area contributed by atoms with Gasteiger partial charge in [0.15, 0.2) is 0 Å². The summed E-state index contributed by atoms with van der Waals surface area (Å²) in [5.74, 6) is 0.183. The van der Waals surface area contributed by atoms with Gasteiger partial charge in [-0.15, -0.1) is 0 Å². The number of anilines is 1. The number of carbonyl (C=O) groups excluding carboxylic acids is 1. The Bertz CT molecular complexity index is 595. The van der Waals surface area contributed by atoms with Crippen molar-refractivity contribution in [3.8, 4) is 0 Å². The highest BCUT2D eigenvalue weighted by Crippen LogP contribution is 2.34. The van der Waals surface area contributed by atoms with Crippen molar-refractivity contribution < 1.29 is 9.53 Å². The maximum absolute atomic E-state index is 13.2. The molecule has 26 heavy (non-hydrogen) atoms. The monoisotopic (exact) mass is 357 g/mol. The molecule has 4 rings (SSSR count). The molecule has 0 bridgehead atoms. The van der Waals surface area contributed by atoms with Gasteiger partial charge in [0, 0.05) is 37.0 Å². The standard InChI is InChI=1S/C21H31N3O2/c25-20(21(12-4-5-13-21)24-17-6-2-1-3-7-17)23-19-9-8-18(19)22-16-10-14-26-15-11-16/h1-3,6-7,16,18-19,22,24H,4-5,8-15H2,(H,23,25)/t18-,19+/m1/s1. The lowest BCUT2D eigenvalue weighted by molar-refractivity contribution is -0.127. The van der Waals surface area contributed by atoms with Crippen LogP contribution in [0, 0.1) is 0 Å². The van der Waals surface area contributed by atoms with E-state index in [4.69, 9.17) is 4.74 Å². The Hall–Kier alpha value is -1.59. The van der Waals surface area contributed by atoms with Crippen molar-refractivity contribution in [2.45, 2.75) is 75.0 Å². The summed E-state index contributed by atoms with van der Waals surface area (Å²) in [6.07, 6.45) is 8.45. The molecule has 0 radical (unpaired) electrons. The fourth-order valence-electron chi connectivity index (χ4n) is 4.53. The average Bonchev–Trinajstić information content (AvgIpc) is 3.14. The first kappa shape index (κ1) is 17.8. The van der Waals surface area contributed by atoms with Crippen LogP contribution in [-0.4, -0.2) is 42.8 Å². The Balaban J connectivity index is 1.36. The summed E-state index contributed by atoms with van der Waals surface area (Å²) in [5, 5.41) is 10.7. The van der Waals surface area contributed by atoms with Gasteiger partial charge in [0.2, 0.25) is 5.91 Å². The second-order valence-electron chi connectivity index (χ2n) is 8.10. The molecule has 2 aliphatic carbocycles. The number of ether oxygens (including phenoxy) is 1. The summed E-state index contributed by atoms with van der Waals surface area (Å²) in [5.41, 5.74) is 0.593. The summed E-state index contributed by atoms with van der Waals surface area (Å²) in [7, 11) is 0. The van der Waals surface area contributed by atoms with Gasteiger partial charge in [0.05, 0.1) is 0 Å². The molecule has 1 amide bonds. The highest BCUT2D eigenvalue weighted by Gasteiger charge is 2.44. The summed E-state index contributed by atoms with van der Waals surface area (Å²) in [6, 6.07) is 11.4. The molecule has 3 fully saturated rings. The van der Waals surface area contributed by atoms with Gasteiger partial charge in [-0.25, -0.2) is 0 Å². The molecule has 2 atom stereocenters. The third-order valence-electron chi connectivity index (χ3n) is 6.31. The molecule has 0 spiro atoms. The average molecular weight is 357 g/mol. The van der Waals surface area contributed by atoms with Crippen molar-refractivity contribution in [3.05, 3.63) is 30.3 Å². The number of amides is 1. The van der Waals surface area contributed by atoms with E-state index >= 15 is 0 Å². The van der Waals surface area contributed by atoms with Crippen LogP contribution in [0.4, 0.5) is 5.69 Å². The second kappa shape index (κ2) is 7.97. The summed E-state index contributed by atoms with van der Waals surface area (Å²) in [4.78, 5) is 13.2. The lowest BCUT2D eigenvalue weighted by Crippen LogP contribution is -2.63. The second-order valence-corrected chi connectivity index (χ2v) is 8.10. The van der Waals surface area contributed by atoms with Crippen molar-refractivity contribution in [1.29, 1.82) is 0 Å². The van der Waals surface area contributed by atoms with E-state index in [1.54, 1.807) is 0 Å². The Morgan fingerprint density at radius 1 is 0.962 bits per heavy atom. The molecule has 1 aromatic rings. The zero-order valence-electron chi connectivity index (χ0n) is 15.5. The van der Waals surface area contributed by atoms with E-state index < -0.39 is 5.54 Å². The van der Waals surface area contributed by atoms with E-state index in [0.717, 1.165) is 70.3 Å². The third kappa shape index (κ3) is 3.89. The molecule has 1 aliphatic heterocycles. The minimum absolute atomic E-state index is 0.183. The van der Waals surface area contributed by atoms with Gasteiger partial charge in [0.1, 0.15) is 5.54 Å². The molecule has 1 saturated heterocycles.